The molecule has 1 unspecified atom stereocenters. The zero-order valence-corrected chi connectivity index (χ0v) is 19.4. The number of thiazole rings is 1. The highest BCUT2D eigenvalue weighted by Crippen LogP contribution is 2.36. The molecule has 0 bridgehead atoms. The Morgan fingerprint density at radius 3 is 2.91 bits per heavy atom. The summed E-state index contributed by atoms with van der Waals surface area (Å²) in [7, 11) is 0. The zero-order valence-electron chi connectivity index (χ0n) is 18.6. The van der Waals surface area contributed by atoms with E-state index in [9.17, 15) is 4.79 Å². The van der Waals surface area contributed by atoms with Gasteiger partial charge in [-0.1, -0.05) is 23.5 Å². The molecule has 0 radical (unpaired) electrons. The number of nitrogens with one attached hydrogen (secondary N) is 1. The van der Waals surface area contributed by atoms with Crippen LogP contribution < -0.4 is 5.32 Å². The summed E-state index contributed by atoms with van der Waals surface area (Å²) in [4.78, 5) is 21.4. The van der Waals surface area contributed by atoms with Crippen LogP contribution in [0.5, 0.6) is 0 Å². The van der Waals surface area contributed by atoms with Crippen LogP contribution in [0.2, 0.25) is 0 Å². The molecule has 33 heavy (non-hydrogen) atoms. The van der Waals surface area contributed by atoms with Crippen LogP contribution in [0.1, 0.15) is 49.5 Å². The lowest BCUT2D eigenvalue weighted by atomic mass is 10.1. The van der Waals surface area contributed by atoms with Crippen molar-refractivity contribution in [1.29, 1.82) is 0 Å². The Labute approximate surface area is 196 Å². The number of rotatable bonds is 5. The lowest BCUT2D eigenvalue weighted by Gasteiger charge is -2.23. The van der Waals surface area contributed by atoms with Crippen LogP contribution in [0.25, 0.3) is 33.5 Å². The molecule has 0 spiro atoms. The molecule has 168 valence electrons. The van der Waals surface area contributed by atoms with Crippen LogP contribution in [-0.2, 0) is 9.53 Å². The number of aryl methyl sites for hydroxylation is 1. The van der Waals surface area contributed by atoms with Gasteiger partial charge in [-0.2, -0.15) is 5.10 Å². The number of ether oxygens (including phenoxy) is 1. The van der Waals surface area contributed by atoms with Gasteiger partial charge in [-0.25, -0.2) is 9.67 Å². The zero-order chi connectivity index (χ0) is 22.8. The van der Waals surface area contributed by atoms with Crippen molar-refractivity contribution in [3.05, 3.63) is 59.7 Å². The number of carbonyl (C=O) groups is 1. The van der Waals surface area contributed by atoms with Gasteiger partial charge in [0.1, 0.15) is 0 Å². The molecule has 0 saturated carbocycles. The van der Waals surface area contributed by atoms with Crippen LogP contribution in [0, 0.1) is 6.92 Å². The van der Waals surface area contributed by atoms with Crippen molar-refractivity contribution in [2.75, 3.05) is 11.9 Å². The highest BCUT2D eigenvalue weighted by Gasteiger charge is 2.21. The SMILES string of the molecule is CC(=O)Nc1nc(C)c(-c2ccc3c(C=Cc4ccccn4)nn(C4CCCCO4)c3c2)s1. The Morgan fingerprint density at radius 1 is 1.24 bits per heavy atom. The van der Waals surface area contributed by atoms with Crippen LogP contribution in [-0.4, -0.2) is 32.3 Å². The number of anilines is 1. The number of nitrogens with zero attached hydrogens (tertiary/aromatic N) is 4. The Kier molecular flexibility index (Phi) is 6.02. The average molecular weight is 460 g/mol. The summed E-state index contributed by atoms with van der Waals surface area (Å²) < 4.78 is 8.09. The standard InChI is InChI=1S/C25H25N5O2S/c1-16-24(33-25(27-16)28-17(2)31)18-9-11-20-21(12-10-19-7-3-5-13-26-19)29-30(22(20)15-18)23-8-4-6-14-32-23/h3,5,7,9-13,15,23H,4,6,8,14H2,1-2H3,(H,27,28,31). The maximum absolute atomic E-state index is 11.5. The Hall–Kier alpha value is -3.36. The van der Waals surface area contributed by atoms with Gasteiger partial charge in [0.25, 0.3) is 0 Å². The summed E-state index contributed by atoms with van der Waals surface area (Å²) in [5, 5.41) is 9.40. The van der Waals surface area contributed by atoms with Gasteiger partial charge in [-0.05, 0) is 68.2 Å². The van der Waals surface area contributed by atoms with E-state index < -0.39 is 0 Å². The fourth-order valence-electron chi connectivity index (χ4n) is 4.07. The Bertz CT molecular complexity index is 1320. The molecule has 8 heteroatoms. The van der Waals surface area contributed by atoms with E-state index in [0.29, 0.717) is 5.13 Å². The second-order valence-electron chi connectivity index (χ2n) is 8.09. The van der Waals surface area contributed by atoms with Gasteiger partial charge in [0.15, 0.2) is 11.4 Å². The van der Waals surface area contributed by atoms with Gasteiger partial charge in [-0.15, -0.1) is 0 Å². The number of benzene rings is 1. The van der Waals surface area contributed by atoms with E-state index in [2.05, 4.69) is 33.5 Å². The van der Waals surface area contributed by atoms with Crippen LogP contribution >= 0.6 is 11.3 Å². The van der Waals surface area contributed by atoms with Gasteiger partial charge < -0.3 is 10.1 Å². The molecule has 0 aliphatic carbocycles. The molecule has 1 aliphatic rings. The van der Waals surface area contributed by atoms with Gasteiger partial charge in [0.05, 0.1) is 27.5 Å². The van der Waals surface area contributed by atoms with E-state index >= 15 is 0 Å². The lowest BCUT2D eigenvalue weighted by Crippen LogP contribution is -2.19. The van der Waals surface area contributed by atoms with E-state index in [4.69, 9.17) is 9.84 Å². The van der Waals surface area contributed by atoms with E-state index in [0.717, 1.165) is 64.3 Å². The first-order valence-corrected chi connectivity index (χ1v) is 11.9. The lowest BCUT2D eigenvalue weighted by molar-refractivity contribution is -0.114. The van der Waals surface area contributed by atoms with Crippen molar-refractivity contribution in [3.63, 3.8) is 0 Å². The Morgan fingerprint density at radius 2 is 2.15 bits per heavy atom. The second-order valence-corrected chi connectivity index (χ2v) is 9.08. The van der Waals surface area contributed by atoms with Gasteiger partial charge in [-0.3, -0.25) is 9.78 Å². The molecular weight excluding hydrogens is 434 g/mol. The minimum Gasteiger partial charge on any atom is -0.356 e. The fraction of sp³-hybridized carbons (Fsp3) is 0.280. The molecule has 7 nitrogen and oxygen atoms in total. The van der Waals surface area contributed by atoms with Gasteiger partial charge >= 0.3 is 0 Å². The van der Waals surface area contributed by atoms with E-state index in [1.54, 1.807) is 6.20 Å². The largest absolute Gasteiger partial charge is 0.356 e. The van der Waals surface area contributed by atoms with Crippen molar-refractivity contribution < 1.29 is 9.53 Å². The molecule has 1 N–H and O–H groups in total. The maximum atomic E-state index is 11.5. The summed E-state index contributed by atoms with van der Waals surface area (Å²) in [6.45, 7) is 4.20. The van der Waals surface area contributed by atoms with Crippen molar-refractivity contribution in [1.82, 2.24) is 19.7 Å². The molecule has 1 aromatic carbocycles. The number of pyridine rings is 1. The number of aromatic nitrogens is 4. The number of amides is 1. The van der Waals surface area contributed by atoms with Crippen molar-refractivity contribution in [2.24, 2.45) is 0 Å². The average Bonchev–Trinajstić information content (AvgIpc) is 3.38. The first-order valence-electron chi connectivity index (χ1n) is 11.1. The molecule has 3 aromatic heterocycles. The summed E-state index contributed by atoms with van der Waals surface area (Å²) in [6, 6.07) is 12.2. The number of carbonyl (C=O) groups excluding carboxylic acids is 1. The first-order chi connectivity index (χ1) is 16.1. The second kappa shape index (κ2) is 9.25. The summed E-state index contributed by atoms with van der Waals surface area (Å²) in [6.07, 6.45) is 8.84. The highest BCUT2D eigenvalue weighted by atomic mass is 32.1. The molecule has 1 fully saturated rings. The Balaban J connectivity index is 1.58. The quantitative estimate of drug-likeness (QED) is 0.414. The van der Waals surface area contributed by atoms with Crippen molar-refractivity contribution in [2.45, 2.75) is 39.3 Å². The number of fused-ring (bicyclic) bond motifs is 1. The summed E-state index contributed by atoms with van der Waals surface area (Å²) >= 11 is 1.48. The van der Waals surface area contributed by atoms with Crippen LogP contribution in [0.3, 0.4) is 0 Å². The first kappa shape index (κ1) is 21.5. The fourth-order valence-corrected chi connectivity index (χ4v) is 5.08. The third kappa shape index (κ3) is 4.58. The molecule has 4 aromatic rings. The van der Waals surface area contributed by atoms with Crippen molar-refractivity contribution >= 4 is 45.4 Å². The van der Waals surface area contributed by atoms with E-state index in [-0.39, 0.29) is 12.1 Å². The molecular formula is C25H25N5O2S. The predicted molar refractivity (Wildman–Crippen MR) is 132 cm³/mol. The topological polar surface area (TPSA) is 81.9 Å². The van der Waals surface area contributed by atoms with Crippen molar-refractivity contribution in [3.8, 4) is 10.4 Å². The third-order valence-electron chi connectivity index (χ3n) is 5.61. The normalized spacial score (nSPS) is 16.5. The smallest absolute Gasteiger partial charge is 0.223 e. The van der Waals surface area contributed by atoms with E-state index in [1.165, 1.54) is 18.3 Å². The minimum absolute atomic E-state index is 0.0778. The van der Waals surface area contributed by atoms with Gasteiger partial charge in [0.2, 0.25) is 5.91 Å². The molecule has 1 amide bonds. The molecule has 5 rings (SSSR count). The van der Waals surface area contributed by atoms with Crippen LogP contribution in [0.15, 0.2) is 42.6 Å². The molecule has 1 aliphatic heterocycles. The minimum atomic E-state index is -0.123. The number of hydrogen-bond donors (Lipinski definition) is 1. The maximum Gasteiger partial charge on any atom is 0.223 e. The monoisotopic (exact) mass is 459 g/mol. The third-order valence-corrected chi connectivity index (χ3v) is 6.73. The summed E-state index contributed by atoms with van der Waals surface area (Å²) in [5.41, 5.74) is 4.73. The van der Waals surface area contributed by atoms with Gasteiger partial charge in [0, 0.05) is 25.1 Å². The molecule has 4 heterocycles. The molecule has 1 atom stereocenters. The van der Waals surface area contributed by atoms with Crippen LogP contribution in [0.4, 0.5) is 5.13 Å². The highest BCUT2D eigenvalue weighted by molar-refractivity contribution is 7.19. The van der Waals surface area contributed by atoms with E-state index in [1.807, 2.05) is 42.0 Å². The molecule has 1 saturated heterocycles. The predicted octanol–water partition coefficient (Wildman–Crippen LogP) is 5.69. The number of hydrogen-bond acceptors (Lipinski definition) is 6. The summed E-state index contributed by atoms with van der Waals surface area (Å²) in [5.74, 6) is -0.123.